The van der Waals surface area contributed by atoms with E-state index >= 15 is 0 Å². The molecule has 1 heterocycles. The highest BCUT2D eigenvalue weighted by Gasteiger charge is 2.16. The number of benzene rings is 1. The first-order chi connectivity index (χ1) is 8.70. The van der Waals surface area contributed by atoms with E-state index in [2.05, 4.69) is 5.32 Å². The van der Waals surface area contributed by atoms with Gasteiger partial charge < -0.3 is 15.8 Å². The average molecular weight is 246 g/mol. The quantitative estimate of drug-likeness (QED) is 0.838. The minimum Gasteiger partial charge on any atom is -0.488 e. The van der Waals surface area contributed by atoms with Crippen LogP contribution in [-0.4, -0.2) is 25.6 Å². The summed E-state index contributed by atoms with van der Waals surface area (Å²) in [7, 11) is 0. The summed E-state index contributed by atoms with van der Waals surface area (Å²) in [6.45, 7) is 3.48. The Labute approximate surface area is 107 Å². The van der Waals surface area contributed by atoms with Gasteiger partial charge >= 0.3 is 0 Å². The molecule has 1 aliphatic rings. The Bertz CT molecular complexity index is 469. The molecular formula is C14H18N2O2. The molecule has 1 aromatic carbocycles. The number of nitrogens with two attached hydrogens (primary N) is 1. The highest BCUT2D eigenvalue weighted by atomic mass is 16.5. The number of amides is 1. The van der Waals surface area contributed by atoms with Crippen molar-refractivity contribution in [2.75, 3.05) is 19.7 Å². The third-order valence-electron chi connectivity index (χ3n) is 2.94. The second kappa shape index (κ2) is 5.69. The Morgan fingerprint density at radius 2 is 2.28 bits per heavy atom. The third-order valence-corrected chi connectivity index (χ3v) is 2.94. The Hall–Kier alpha value is -1.81. The van der Waals surface area contributed by atoms with E-state index in [4.69, 9.17) is 10.5 Å². The lowest BCUT2D eigenvalue weighted by molar-refractivity contribution is -0.117. The summed E-state index contributed by atoms with van der Waals surface area (Å²) in [4.78, 5) is 11.9. The topological polar surface area (TPSA) is 64.3 Å². The van der Waals surface area contributed by atoms with Crippen molar-refractivity contribution in [2.45, 2.75) is 6.92 Å². The zero-order valence-corrected chi connectivity index (χ0v) is 10.5. The molecule has 0 bridgehead atoms. The number of hydrogen-bond acceptors (Lipinski definition) is 3. The predicted molar refractivity (Wildman–Crippen MR) is 71.1 cm³/mol. The molecule has 2 rings (SSSR count). The van der Waals surface area contributed by atoms with Gasteiger partial charge in [-0.05, 0) is 24.6 Å². The molecule has 0 saturated carbocycles. The lowest BCUT2D eigenvalue weighted by Crippen LogP contribution is -2.34. The third kappa shape index (κ3) is 2.90. The molecule has 3 N–H and O–H groups in total. The summed E-state index contributed by atoms with van der Waals surface area (Å²) in [6, 6.07) is 7.68. The van der Waals surface area contributed by atoms with Crippen molar-refractivity contribution in [2.24, 2.45) is 11.7 Å². The fourth-order valence-electron chi connectivity index (χ4n) is 1.71. The molecule has 1 atom stereocenters. The average Bonchev–Trinajstić information content (AvgIpc) is 2.43. The minimum atomic E-state index is -0.0789. The molecule has 1 unspecified atom stereocenters. The first-order valence-electron chi connectivity index (χ1n) is 6.11. The van der Waals surface area contributed by atoms with Crippen LogP contribution in [0.25, 0.3) is 6.08 Å². The zero-order valence-electron chi connectivity index (χ0n) is 10.5. The molecule has 4 heteroatoms. The second-order valence-electron chi connectivity index (χ2n) is 4.55. The number of para-hydroxylation sites is 1. The molecule has 0 aliphatic carbocycles. The van der Waals surface area contributed by atoms with Crippen molar-refractivity contribution >= 4 is 12.0 Å². The highest BCUT2D eigenvalue weighted by Crippen LogP contribution is 2.25. The summed E-state index contributed by atoms with van der Waals surface area (Å²) in [5, 5.41) is 2.87. The molecule has 1 aromatic rings. The largest absolute Gasteiger partial charge is 0.488 e. The number of rotatable bonds is 4. The fourth-order valence-corrected chi connectivity index (χ4v) is 1.71. The normalized spacial score (nSPS) is 15.1. The lowest BCUT2D eigenvalue weighted by Gasteiger charge is -2.18. The van der Waals surface area contributed by atoms with Gasteiger partial charge in [0.25, 0.3) is 5.91 Å². The van der Waals surface area contributed by atoms with Crippen LogP contribution in [0.15, 0.2) is 29.8 Å². The number of nitrogens with one attached hydrogen (secondary N) is 1. The smallest absolute Gasteiger partial charge is 0.250 e. The first-order valence-corrected chi connectivity index (χ1v) is 6.11. The maximum absolute atomic E-state index is 11.9. The second-order valence-corrected chi connectivity index (χ2v) is 4.55. The van der Waals surface area contributed by atoms with E-state index in [9.17, 15) is 4.79 Å². The molecule has 0 saturated heterocycles. The van der Waals surface area contributed by atoms with Crippen molar-refractivity contribution in [1.82, 2.24) is 5.32 Å². The molecule has 0 spiro atoms. The molecule has 96 valence electrons. The van der Waals surface area contributed by atoms with Gasteiger partial charge in [0.1, 0.15) is 12.4 Å². The number of fused-ring (bicyclic) bond motifs is 1. The Balaban J connectivity index is 2.02. The van der Waals surface area contributed by atoms with Gasteiger partial charge in [-0.25, -0.2) is 0 Å². The molecule has 18 heavy (non-hydrogen) atoms. The van der Waals surface area contributed by atoms with Gasteiger partial charge in [-0.1, -0.05) is 25.1 Å². The summed E-state index contributed by atoms with van der Waals surface area (Å²) in [5.74, 6) is 1.03. The van der Waals surface area contributed by atoms with Gasteiger partial charge in [0.2, 0.25) is 0 Å². The number of ether oxygens (including phenoxy) is 1. The van der Waals surface area contributed by atoms with Crippen molar-refractivity contribution in [3.63, 3.8) is 0 Å². The standard InChI is InChI=1S/C14H18N2O2/c1-10(7-15)8-16-14(17)12-6-11-4-2-3-5-13(11)18-9-12/h2-6,10H,7-9,15H2,1H3,(H,16,17). The van der Waals surface area contributed by atoms with Gasteiger partial charge in [-0.2, -0.15) is 0 Å². The monoisotopic (exact) mass is 246 g/mol. The van der Waals surface area contributed by atoms with Gasteiger partial charge in [-0.15, -0.1) is 0 Å². The van der Waals surface area contributed by atoms with E-state index in [1.165, 1.54) is 0 Å². The maximum atomic E-state index is 11.9. The summed E-state index contributed by atoms with van der Waals surface area (Å²) in [5.41, 5.74) is 7.11. The van der Waals surface area contributed by atoms with Crippen LogP contribution in [0.1, 0.15) is 12.5 Å². The predicted octanol–water partition coefficient (Wildman–Crippen LogP) is 1.17. The summed E-state index contributed by atoms with van der Waals surface area (Å²) in [6.07, 6.45) is 1.88. The van der Waals surface area contributed by atoms with E-state index in [1.54, 1.807) is 0 Å². The first kappa shape index (κ1) is 12.6. The zero-order chi connectivity index (χ0) is 13.0. The van der Waals surface area contributed by atoms with Crippen LogP contribution in [0.3, 0.4) is 0 Å². The van der Waals surface area contributed by atoms with Crippen LogP contribution in [0, 0.1) is 5.92 Å². The Morgan fingerprint density at radius 1 is 1.50 bits per heavy atom. The Kier molecular flexibility index (Phi) is 3.99. The van der Waals surface area contributed by atoms with Gasteiger partial charge in [-0.3, -0.25) is 4.79 Å². The maximum Gasteiger partial charge on any atom is 0.250 e. The highest BCUT2D eigenvalue weighted by molar-refractivity contribution is 5.99. The van der Waals surface area contributed by atoms with E-state index in [1.807, 2.05) is 37.3 Å². The van der Waals surface area contributed by atoms with Gasteiger partial charge in [0, 0.05) is 12.1 Å². The summed E-state index contributed by atoms with van der Waals surface area (Å²) < 4.78 is 5.54. The molecule has 0 fully saturated rings. The fraction of sp³-hybridized carbons (Fsp3) is 0.357. The van der Waals surface area contributed by atoms with Gasteiger partial charge in [0.15, 0.2) is 0 Å². The van der Waals surface area contributed by atoms with Gasteiger partial charge in [0.05, 0.1) is 5.57 Å². The Morgan fingerprint density at radius 3 is 3.06 bits per heavy atom. The molecule has 4 nitrogen and oxygen atoms in total. The van der Waals surface area contributed by atoms with E-state index in [0.29, 0.717) is 25.3 Å². The molecular weight excluding hydrogens is 228 g/mol. The van der Waals surface area contributed by atoms with Crippen LogP contribution in [-0.2, 0) is 4.79 Å². The van der Waals surface area contributed by atoms with E-state index in [-0.39, 0.29) is 11.8 Å². The molecule has 0 radical (unpaired) electrons. The van der Waals surface area contributed by atoms with Crippen LogP contribution in [0.2, 0.25) is 0 Å². The van der Waals surface area contributed by atoms with Crippen LogP contribution >= 0.6 is 0 Å². The molecule has 1 aliphatic heterocycles. The van der Waals surface area contributed by atoms with Crippen LogP contribution in [0.5, 0.6) is 5.75 Å². The van der Waals surface area contributed by atoms with E-state index in [0.717, 1.165) is 11.3 Å². The van der Waals surface area contributed by atoms with Crippen molar-refractivity contribution in [3.05, 3.63) is 35.4 Å². The minimum absolute atomic E-state index is 0.0789. The van der Waals surface area contributed by atoms with Crippen molar-refractivity contribution in [1.29, 1.82) is 0 Å². The van der Waals surface area contributed by atoms with Crippen molar-refractivity contribution < 1.29 is 9.53 Å². The molecule has 0 aromatic heterocycles. The number of hydrogen-bond donors (Lipinski definition) is 2. The van der Waals surface area contributed by atoms with E-state index < -0.39 is 0 Å². The number of carbonyl (C=O) groups is 1. The van der Waals surface area contributed by atoms with Crippen molar-refractivity contribution in [3.8, 4) is 5.75 Å². The van der Waals surface area contributed by atoms with Crippen LogP contribution in [0.4, 0.5) is 0 Å². The molecule has 1 amide bonds. The summed E-state index contributed by atoms with van der Waals surface area (Å²) >= 11 is 0. The van der Waals surface area contributed by atoms with Crippen LogP contribution < -0.4 is 15.8 Å². The SMILES string of the molecule is CC(CN)CNC(=O)C1=Cc2ccccc2OC1. The lowest BCUT2D eigenvalue weighted by atomic mass is 10.1. The number of carbonyl (C=O) groups excluding carboxylic acids is 1.